The van der Waals surface area contributed by atoms with Gasteiger partial charge in [0.25, 0.3) is 0 Å². The first-order valence-electron chi connectivity index (χ1n) is 10.4. The molecule has 6 nitrogen and oxygen atoms in total. The lowest BCUT2D eigenvalue weighted by Gasteiger charge is -2.33. The number of amides is 2. The van der Waals surface area contributed by atoms with E-state index >= 15 is 0 Å². The Morgan fingerprint density at radius 1 is 1.48 bits per heavy atom. The molecule has 2 amide bonds. The molecule has 1 aromatic carbocycles. The molecule has 1 saturated heterocycles. The van der Waals surface area contributed by atoms with E-state index < -0.39 is 0 Å². The normalized spacial score (nSPS) is 19.2. The van der Waals surface area contributed by atoms with Crippen molar-refractivity contribution in [1.29, 1.82) is 0 Å². The van der Waals surface area contributed by atoms with Crippen LogP contribution >= 0.6 is 0 Å². The number of hydrogen-bond acceptors (Lipinski definition) is 4. The summed E-state index contributed by atoms with van der Waals surface area (Å²) < 4.78 is 11.0. The molecule has 2 atom stereocenters. The SMILES string of the molecule is CCCC(C)Oc1cccc(/C=C2\CCN(C(=O)Nc3cnoc3C)CC2C)c1. The molecule has 0 bridgehead atoms. The van der Waals surface area contributed by atoms with Crippen LogP contribution in [0.15, 0.2) is 40.6 Å². The maximum Gasteiger partial charge on any atom is 0.322 e. The number of nitrogens with zero attached hydrogens (tertiary/aromatic N) is 2. The molecule has 3 rings (SSSR count). The van der Waals surface area contributed by atoms with Crippen molar-refractivity contribution in [3.8, 4) is 5.75 Å². The number of aryl methyl sites for hydroxylation is 1. The van der Waals surface area contributed by atoms with Crippen LogP contribution in [0.2, 0.25) is 0 Å². The highest BCUT2D eigenvalue weighted by Gasteiger charge is 2.25. The molecule has 0 radical (unpaired) electrons. The standard InChI is InChI=1S/C23H31N3O3/c1-5-7-17(3)28-21-9-6-8-19(13-21)12-20-10-11-26(15-16(20)2)23(27)25-22-14-24-29-18(22)4/h6,8-9,12-14,16-17H,5,7,10-11,15H2,1-4H3,(H,25,27)/b20-12+. The summed E-state index contributed by atoms with van der Waals surface area (Å²) in [7, 11) is 0. The summed E-state index contributed by atoms with van der Waals surface area (Å²) in [5.74, 6) is 1.81. The van der Waals surface area contributed by atoms with Crippen molar-refractivity contribution in [2.75, 3.05) is 18.4 Å². The molecule has 2 heterocycles. The van der Waals surface area contributed by atoms with E-state index in [1.54, 1.807) is 6.92 Å². The smallest absolute Gasteiger partial charge is 0.322 e. The van der Waals surface area contributed by atoms with Gasteiger partial charge in [0, 0.05) is 13.1 Å². The molecule has 1 fully saturated rings. The number of aromatic nitrogens is 1. The Morgan fingerprint density at radius 3 is 3.00 bits per heavy atom. The minimum atomic E-state index is -0.109. The van der Waals surface area contributed by atoms with Crippen LogP contribution in [-0.2, 0) is 0 Å². The monoisotopic (exact) mass is 397 g/mol. The van der Waals surface area contributed by atoms with Gasteiger partial charge in [0.1, 0.15) is 11.4 Å². The predicted octanol–water partition coefficient (Wildman–Crippen LogP) is 5.51. The molecule has 1 aromatic heterocycles. The van der Waals surface area contributed by atoms with Crippen LogP contribution in [0, 0.1) is 12.8 Å². The summed E-state index contributed by atoms with van der Waals surface area (Å²) in [6, 6.07) is 8.14. The highest BCUT2D eigenvalue weighted by molar-refractivity contribution is 5.89. The molecule has 29 heavy (non-hydrogen) atoms. The number of likely N-dealkylation sites (tertiary alicyclic amines) is 1. The van der Waals surface area contributed by atoms with Crippen LogP contribution < -0.4 is 10.1 Å². The number of nitrogens with one attached hydrogen (secondary N) is 1. The van der Waals surface area contributed by atoms with Gasteiger partial charge in [0.2, 0.25) is 0 Å². The van der Waals surface area contributed by atoms with Gasteiger partial charge in [-0.2, -0.15) is 0 Å². The van der Waals surface area contributed by atoms with E-state index in [2.05, 4.69) is 49.5 Å². The fourth-order valence-corrected chi connectivity index (χ4v) is 3.65. The van der Waals surface area contributed by atoms with Crippen molar-refractivity contribution in [1.82, 2.24) is 10.1 Å². The zero-order chi connectivity index (χ0) is 20.8. The molecule has 156 valence electrons. The van der Waals surface area contributed by atoms with E-state index in [0.717, 1.165) is 30.6 Å². The minimum Gasteiger partial charge on any atom is -0.491 e. The molecule has 1 aliphatic heterocycles. The zero-order valence-electron chi connectivity index (χ0n) is 17.8. The lowest BCUT2D eigenvalue weighted by Crippen LogP contribution is -2.42. The maximum absolute atomic E-state index is 12.5. The Labute approximate surface area is 172 Å². The fraction of sp³-hybridized carbons (Fsp3) is 0.478. The second kappa shape index (κ2) is 9.63. The maximum atomic E-state index is 12.5. The lowest BCUT2D eigenvalue weighted by molar-refractivity contribution is 0.197. The predicted molar refractivity (Wildman–Crippen MR) is 115 cm³/mol. The topological polar surface area (TPSA) is 67.6 Å². The third-order valence-electron chi connectivity index (χ3n) is 5.32. The molecular formula is C23H31N3O3. The summed E-state index contributed by atoms with van der Waals surface area (Å²) in [5.41, 5.74) is 3.12. The van der Waals surface area contributed by atoms with E-state index in [9.17, 15) is 4.79 Å². The number of carbonyl (C=O) groups is 1. The summed E-state index contributed by atoms with van der Waals surface area (Å²) >= 11 is 0. The van der Waals surface area contributed by atoms with Gasteiger partial charge in [-0.15, -0.1) is 0 Å². The third kappa shape index (κ3) is 5.62. The largest absolute Gasteiger partial charge is 0.491 e. The number of hydrogen-bond donors (Lipinski definition) is 1. The molecule has 2 unspecified atom stereocenters. The molecule has 1 N–H and O–H groups in total. The first-order chi connectivity index (χ1) is 14.0. The van der Waals surface area contributed by atoms with Crippen molar-refractivity contribution >= 4 is 17.8 Å². The van der Waals surface area contributed by atoms with Gasteiger partial charge >= 0.3 is 6.03 Å². The molecule has 2 aromatic rings. The Hall–Kier alpha value is -2.76. The summed E-state index contributed by atoms with van der Waals surface area (Å²) in [4.78, 5) is 14.4. The van der Waals surface area contributed by atoms with Gasteiger partial charge in [-0.3, -0.25) is 0 Å². The Morgan fingerprint density at radius 2 is 2.31 bits per heavy atom. The Balaban J connectivity index is 1.61. The second-order valence-corrected chi connectivity index (χ2v) is 7.83. The van der Waals surface area contributed by atoms with Crippen LogP contribution in [0.3, 0.4) is 0 Å². The van der Waals surface area contributed by atoms with Crippen LogP contribution in [0.4, 0.5) is 10.5 Å². The number of ether oxygens (including phenoxy) is 1. The minimum absolute atomic E-state index is 0.109. The third-order valence-corrected chi connectivity index (χ3v) is 5.32. The van der Waals surface area contributed by atoms with E-state index in [1.165, 1.54) is 11.8 Å². The van der Waals surface area contributed by atoms with Gasteiger partial charge < -0.3 is 19.5 Å². The summed E-state index contributed by atoms with van der Waals surface area (Å²) in [6.45, 7) is 9.60. The molecule has 1 aliphatic rings. The van der Waals surface area contributed by atoms with E-state index in [4.69, 9.17) is 9.26 Å². The first-order valence-corrected chi connectivity index (χ1v) is 10.4. The molecule has 0 spiro atoms. The average Bonchev–Trinajstić information content (AvgIpc) is 3.08. The van der Waals surface area contributed by atoms with Crippen molar-refractivity contribution in [2.24, 2.45) is 5.92 Å². The second-order valence-electron chi connectivity index (χ2n) is 7.83. The van der Waals surface area contributed by atoms with Crippen molar-refractivity contribution < 1.29 is 14.1 Å². The molecule has 0 aliphatic carbocycles. The van der Waals surface area contributed by atoms with Gasteiger partial charge in [0.05, 0.1) is 12.3 Å². The zero-order valence-corrected chi connectivity index (χ0v) is 17.8. The van der Waals surface area contributed by atoms with Crippen molar-refractivity contribution in [2.45, 2.75) is 53.1 Å². The van der Waals surface area contributed by atoms with Crippen LogP contribution in [0.5, 0.6) is 5.75 Å². The number of piperidine rings is 1. The average molecular weight is 398 g/mol. The molecule has 6 heteroatoms. The highest BCUT2D eigenvalue weighted by atomic mass is 16.5. The van der Waals surface area contributed by atoms with E-state index in [1.807, 2.05) is 17.0 Å². The number of urea groups is 1. The number of carbonyl (C=O) groups excluding carboxylic acids is 1. The summed E-state index contributed by atoms with van der Waals surface area (Å²) in [5, 5.41) is 6.58. The van der Waals surface area contributed by atoms with E-state index in [-0.39, 0.29) is 12.1 Å². The first kappa shape index (κ1) is 21.0. The number of rotatable bonds is 6. The van der Waals surface area contributed by atoms with Gasteiger partial charge in [0.15, 0.2) is 5.76 Å². The van der Waals surface area contributed by atoms with Gasteiger partial charge in [-0.25, -0.2) is 4.79 Å². The van der Waals surface area contributed by atoms with Gasteiger partial charge in [-0.1, -0.05) is 49.2 Å². The number of anilines is 1. The highest BCUT2D eigenvalue weighted by Crippen LogP contribution is 2.27. The van der Waals surface area contributed by atoms with Crippen LogP contribution in [0.25, 0.3) is 6.08 Å². The van der Waals surface area contributed by atoms with E-state index in [0.29, 0.717) is 30.5 Å². The quantitative estimate of drug-likeness (QED) is 0.698. The Bertz CT molecular complexity index is 859. The van der Waals surface area contributed by atoms with Gasteiger partial charge in [-0.05, 0) is 50.3 Å². The van der Waals surface area contributed by atoms with Crippen molar-refractivity contribution in [3.05, 3.63) is 47.4 Å². The number of benzene rings is 1. The Kier molecular flexibility index (Phi) is 6.96. The lowest BCUT2D eigenvalue weighted by atomic mass is 9.91. The molecular weight excluding hydrogens is 366 g/mol. The van der Waals surface area contributed by atoms with Crippen LogP contribution in [0.1, 0.15) is 51.4 Å². The van der Waals surface area contributed by atoms with Crippen LogP contribution in [-0.4, -0.2) is 35.3 Å². The fourth-order valence-electron chi connectivity index (χ4n) is 3.65. The van der Waals surface area contributed by atoms with Crippen molar-refractivity contribution in [3.63, 3.8) is 0 Å². The summed E-state index contributed by atoms with van der Waals surface area (Å²) in [6.07, 6.45) is 7.01. The molecule has 0 saturated carbocycles.